The number of unbranched alkanes of at least 4 members (excludes halogenated alkanes) is 3. The summed E-state index contributed by atoms with van der Waals surface area (Å²) in [5.74, 6) is 0.663. The topological polar surface area (TPSA) is 26.3 Å². The largest absolute Gasteiger partial charge is 0.465 e. The van der Waals surface area contributed by atoms with E-state index in [2.05, 4.69) is 6.92 Å². The van der Waals surface area contributed by atoms with Gasteiger partial charge in [-0.2, -0.15) is 0 Å². The summed E-state index contributed by atoms with van der Waals surface area (Å²) in [7, 11) is 0. The highest BCUT2D eigenvalue weighted by molar-refractivity contribution is 5.75. The molecule has 0 amide bonds. The molecular weight excluding hydrogens is 200 g/mol. The van der Waals surface area contributed by atoms with Crippen molar-refractivity contribution >= 4 is 5.97 Å². The fourth-order valence-corrected chi connectivity index (χ4v) is 1.77. The number of esters is 1. The Bertz CT molecular complexity index is 217. The molecule has 0 spiro atoms. The lowest BCUT2D eigenvalue weighted by Crippen LogP contribution is -2.27. The van der Waals surface area contributed by atoms with Crippen molar-refractivity contribution in [3.05, 3.63) is 0 Å². The van der Waals surface area contributed by atoms with Gasteiger partial charge in [-0.3, -0.25) is 4.79 Å². The molecule has 0 aromatic rings. The maximum atomic E-state index is 11.8. The minimum absolute atomic E-state index is 0.00380. The normalized spacial score (nSPS) is 16.2. The molecule has 0 unspecified atom stereocenters. The molecule has 0 saturated heterocycles. The molecule has 16 heavy (non-hydrogen) atoms. The van der Waals surface area contributed by atoms with Crippen LogP contribution in [0.25, 0.3) is 0 Å². The monoisotopic (exact) mass is 226 g/mol. The summed E-state index contributed by atoms with van der Waals surface area (Å²) in [6.07, 6.45) is 8.32. The van der Waals surface area contributed by atoms with E-state index in [1.165, 1.54) is 32.1 Å². The van der Waals surface area contributed by atoms with E-state index < -0.39 is 0 Å². The molecule has 0 aromatic carbocycles. The van der Waals surface area contributed by atoms with Crippen LogP contribution in [0.1, 0.15) is 65.7 Å². The Balaban J connectivity index is 2.15. The molecule has 0 bridgehead atoms. The van der Waals surface area contributed by atoms with E-state index in [0.717, 1.165) is 12.8 Å². The molecule has 0 aromatic heterocycles. The predicted molar refractivity (Wildman–Crippen MR) is 66.2 cm³/mol. The van der Waals surface area contributed by atoms with Gasteiger partial charge in [0.2, 0.25) is 0 Å². The number of carbonyl (C=O) groups is 1. The van der Waals surface area contributed by atoms with Crippen LogP contribution in [0.15, 0.2) is 0 Å². The van der Waals surface area contributed by atoms with E-state index in [9.17, 15) is 4.79 Å². The Morgan fingerprint density at radius 1 is 1.25 bits per heavy atom. The van der Waals surface area contributed by atoms with Gasteiger partial charge in [-0.15, -0.1) is 0 Å². The molecule has 1 aliphatic rings. The molecular formula is C14H26O2. The standard InChI is InChI=1S/C14H26O2/c1-4-5-6-7-10-14(2,3)13(15)16-11-12-8-9-12/h12H,4-11H2,1-3H3. The molecule has 1 fully saturated rings. The van der Waals surface area contributed by atoms with Crippen LogP contribution in [-0.4, -0.2) is 12.6 Å². The van der Waals surface area contributed by atoms with Gasteiger partial charge in [-0.05, 0) is 39.0 Å². The Morgan fingerprint density at radius 2 is 1.94 bits per heavy atom. The summed E-state index contributed by atoms with van der Waals surface area (Å²) in [5, 5.41) is 0. The van der Waals surface area contributed by atoms with Gasteiger partial charge in [0.15, 0.2) is 0 Å². The smallest absolute Gasteiger partial charge is 0.311 e. The number of hydrogen-bond donors (Lipinski definition) is 0. The molecule has 0 aliphatic heterocycles. The summed E-state index contributed by atoms with van der Waals surface area (Å²) in [5.41, 5.74) is -0.289. The summed E-state index contributed by atoms with van der Waals surface area (Å²) in [6, 6.07) is 0. The Kier molecular flexibility index (Phi) is 5.30. The van der Waals surface area contributed by atoms with Crippen molar-refractivity contribution in [2.45, 2.75) is 65.7 Å². The highest BCUT2D eigenvalue weighted by Crippen LogP contribution is 2.31. The molecule has 2 heteroatoms. The van der Waals surface area contributed by atoms with Gasteiger partial charge < -0.3 is 4.74 Å². The van der Waals surface area contributed by atoms with E-state index >= 15 is 0 Å². The van der Waals surface area contributed by atoms with Crippen molar-refractivity contribution in [3.63, 3.8) is 0 Å². The molecule has 1 aliphatic carbocycles. The molecule has 1 saturated carbocycles. The second-order valence-corrected chi connectivity index (χ2v) is 5.74. The van der Waals surface area contributed by atoms with Crippen molar-refractivity contribution < 1.29 is 9.53 Å². The first-order valence-electron chi connectivity index (χ1n) is 6.73. The van der Waals surface area contributed by atoms with E-state index in [0.29, 0.717) is 12.5 Å². The second kappa shape index (κ2) is 6.27. The van der Waals surface area contributed by atoms with Crippen LogP contribution in [0.2, 0.25) is 0 Å². The lowest BCUT2D eigenvalue weighted by Gasteiger charge is -2.22. The first-order chi connectivity index (χ1) is 7.56. The first-order valence-corrected chi connectivity index (χ1v) is 6.73. The average molecular weight is 226 g/mol. The zero-order valence-corrected chi connectivity index (χ0v) is 11.1. The summed E-state index contributed by atoms with van der Waals surface area (Å²) in [4.78, 5) is 11.8. The number of carbonyl (C=O) groups excluding carboxylic acids is 1. The molecule has 0 N–H and O–H groups in total. The van der Waals surface area contributed by atoms with Crippen LogP contribution >= 0.6 is 0 Å². The van der Waals surface area contributed by atoms with Gasteiger partial charge in [0.05, 0.1) is 12.0 Å². The summed E-state index contributed by atoms with van der Waals surface area (Å²) in [6.45, 7) is 6.87. The van der Waals surface area contributed by atoms with Gasteiger partial charge >= 0.3 is 5.97 Å². The van der Waals surface area contributed by atoms with Crippen molar-refractivity contribution in [1.82, 2.24) is 0 Å². The lowest BCUT2D eigenvalue weighted by molar-refractivity contribution is -0.154. The fourth-order valence-electron chi connectivity index (χ4n) is 1.77. The second-order valence-electron chi connectivity index (χ2n) is 5.74. The molecule has 2 nitrogen and oxygen atoms in total. The minimum Gasteiger partial charge on any atom is -0.465 e. The van der Waals surface area contributed by atoms with Gasteiger partial charge in [0, 0.05) is 0 Å². The van der Waals surface area contributed by atoms with E-state index in [-0.39, 0.29) is 11.4 Å². The van der Waals surface area contributed by atoms with Gasteiger partial charge in [-0.1, -0.05) is 32.6 Å². The van der Waals surface area contributed by atoms with Crippen molar-refractivity contribution in [1.29, 1.82) is 0 Å². The maximum Gasteiger partial charge on any atom is 0.311 e. The van der Waals surface area contributed by atoms with Gasteiger partial charge in [0.25, 0.3) is 0 Å². The fraction of sp³-hybridized carbons (Fsp3) is 0.929. The molecule has 94 valence electrons. The molecule has 0 atom stereocenters. The van der Waals surface area contributed by atoms with Crippen LogP contribution in [0.5, 0.6) is 0 Å². The highest BCUT2D eigenvalue weighted by Gasteiger charge is 2.31. The highest BCUT2D eigenvalue weighted by atomic mass is 16.5. The molecule has 0 radical (unpaired) electrons. The number of ether oxygens (including phenoxy) is 1. The van der Waals surface area contributed by atoms with Gasteiger partial charge in [-0.25, -0.2) is 0 Å². The van der Waals surface area contributed by atoms with E-state index in [4.69, 9.17) is 4.74 Å². The van der Waals surface area contributed by atoms with Crippen molar-refractivity contribution in [2.75, 3.05) is 6.61 Å². The van der Waals surface area contributed by atoms with Crippen molar-refractivity contribution in [2.24, 2.45) is 11.3 Å². The lowest BCUT2D eigenvalue weighted by atomic mass is 9.87. The third kappa shape index (κ3) is 5.00. The Morgan fingerprint density at radius 3 is 2.50 bits per heavy atom. The predicted octanol–water partition coefficient (Wildman–Crippen LogP) is 3.94. The van der Waals surface area contributed by atoms with Crippen LogP contribution in [0.4, 0.5) is 0 Å². The Labute approximate surface area is 99.8 Å². The molecule has 1 rings (SSSR count). The third-order valence-electron chi connectivity index (χ3n) is 3.35. The SMILES string of the molecule is CCCCCCC(C)(C)C(=O)OCC1CC1. The zero-order valence-electron chi connectivity index (χ0n) is 11.1. The average Bonchev–Trinajstić information content (AvgIpc) is 3.04. The maximum absolute atomic E-state index is 11.8. The third-order valence-corrected chi connectivity index (χ3v) is 3.35. The van der Waals surface area contributed by atoms with Crippen LogP contribution in [0, 0.1) is 11.3 Å². The number of hydrogen-bond acceptors (Lipinski definition) is 2. The van der Waals surface area contributed by atoms with Crippen LogP contribution in [-0.2, 0) is 9.53 Å². The quantitative estimate of drug-likeness (QED) is 0.463. The number of rotatable bonds is 8. The van der Waals surface area contributed by atoms with Crippen LogP contribution in [0.3, 0.4) is 0 Å². The summed E-state index contributed by atoms with van der Waals surface area (Å²) < 4.78 is 5.35. The van der Waals surface area contributed by atoms with Crippen molar-refractivity contribution in [3.8, 4) is 0 Å². The van der Waals surface area contributed by atoms with E-state index in [1.807, 2.05) is 13.8 Å². The summed E-state index contributed by atoms with van der Waals surface area (Å²) >= 11 is 0. The van der Waals surface area contributed by atoms with E-state index in [1.54, 1.807) is 0 Å². The van der Waals surface area contributed by atoms with Gasteiger partial charge in [0.1, 0.15) is 0 Å². The van der Waals surface area contributed by atoms with Crippen LogP contribution < -0.4 is 0 Å². The first kappa shape index (κ1) is 13.5. The minimum atomic E-state index is -0.289. The Hall–Kier alpha value is -0.530. The zero-order chi connectivity index (χ0) is 12.0. The molecule has 0 heterocycles.